The molecule has 0 saturated carbocycles. The van der Waals surface area contributed by atoms with Crippen molar-refractivity contribution in [1.29, 1.82) is 0 Å². The van der Waals surface area contributed by atoms with E-state index in [1.165, 1.54) is 10.6 Å². The fraction of sp³-hybridized carbons (Fsp3) is 0.533. The molecule has 1 aromatic rings. The number of nitrogens with zero attached hydrogens (tertiary/aromatic N) is 1. The Morgan fingerprint density at radius 1 is 1.43 bits per heavy atom. The Bertz CT molecular complexity index is 551. The van der Waals surface area contributed by atoms with Crippen molar-refractivity contribution in [1.82, 2.24) is 9.88 Å². The second-order valence-electron chi connectivity index (χ2n) is 5.09. The lowest BCUT2D eigenvalue weighted by Crippen LogP contribution is -2.41. The SMILES string of the molecule is CCCCC(NC(=O)CCn1ccc(C)cc1=O)C(=O)O. The number of carboxylic acid groups (broad SMARTS) is 1. The van der Waals surface area contributed by atoms with Crippen LogP contribution < -0.4 is 10.9 Å². The van der Waals surface area contributed by atoms with Crippen molar-refractivity contribution in [3.8, 4) is 0 Å². The van der Waals surface area contributed by atoms with E-state index >= 15 is 0 Å². The Balaban J connectivity index is 2.52. The van der Waals surface area contributed by atoms with Crippen LogP contribution in [0, 0.1) is 6.92 Å². The van der Waals surface area contributed by atoms with Crippen molar-refractivity contribution in [3.63, 3.8) is 0 Å². The normalized spacial score (nSPS) is 11.9. The molecule has 21 heavy (non-hydrogen) atoms. The predicted octanol–water partition coefficient (Wildman–Crippen LogP) is 1.31. The second-order valence-corrected chi connectivity index (χ2v) is 5.09. The zero-order chi connectivity index (χ0) is 15.8. The molecule has 0 aliphatic heterocycles. The molecule has 0 fully saturated rings. The van der Waals surface area contributed by atoms with Gasteiger partial charge in [0.2, 0.25) is 5.91 Å². The summed E-state index contributed by atoms with van der Waals surface area (Å²) in [6.45, 7) is 4.03. The standard InChI is InChI=1S/C15H22N2O4/c1-3-4-5-12(15(20)21)16-13(18)7-9-17-8-6-11(2)10-14(17)19/h6,8,10,12H,3-5,7,9H2,1-2H3,(H,16,18)(H,20,21). The van der Waals surface area contributed by atoms with Gasteiger partial charge < -0.3 is 15.0 Å². The number of aryl methyl sites for hydroxylation is 2. The average molecular weight is 294 g/mol. The van der Waals surface area contributed by atoms with Crippen LogP contribution in [0.25, 0.3) is 0 Å². The van der Waals surface area contributed by atoms with Gasteiger partial charge in [-0.05, 0) is 25.0 Å². The van der Waals surface area contributed by atoms with Crippen LogP contribution in [-0.4, -0.2) is 27.6 Å². The number of aromatic nitrogens is 1. The van der Waals surface area contributed by atoms with E-state index in [9.17, 15) is 14.4 Å². The van der Waals surface area contributed by atoms with Crippen LogP contribution in [0.2, 0.25) is 0 Å². The maximum atomic E-state index is 11.8. The van der Waals surface area contributed by atoms with E-state index < -0.39 is 12.0 Å². The maximum Gasteiger partial charge on any atom is 0.326 e. The zero-order valence-electron chi connectivity index (χ0n) is 12.5. The molecule has 1 amide bonds. The van der Waals surface area contributed by atoms with Crippen molar-refractivity contribution >= 4 is 11.9 Å². The molecule has 1 unspecified atom stereocenters. The van der Waals surface area contributed by atoms with Crippen LogP contribution in [0.4, 0.5) is 0 Å². The number of hydrogen-bond acceptors (Lipinski definition) is 3. The van der Waals surface area contributed by atoms with Crippen molar-refractivity contribution in [2.24, 2.45) is 0 Å². The van der Waals surface area contributed by atoms with Crippen molar-refractivity contribution in [2.75, 3.05) is 0 Å². The molecule has 1 rings (SSSR count). The van der Waals surface area contributed by atoms with Crippen molar-refractivity contribution in [3.05, 3.63) is 34.2 Å². The number of hydrogen-bond donors (Lipinski definition) is 2. The minimum absolute atomic E-state index is 0.0822. The van der Waals surface area contributed by atoms with E-state index in [2.05, 4.69) is 5.32 Å². The number of pyridine rings is 1. The number of carboxylic acids is 1. The lowest BCUT2D eigenvalue weighted by Gasteiger charge is -2.14. The average Bonchev–Trinajstić information content (AvgIpc) is 2.42. The molecule has 0 aliphatic carbocycles. The van der Waals surface area contributed by atoms with Gasteiger partial charge >= 0.3 is 5.97 Å². The molecule has 116 valence electrons. The summed E-state index contributed by atoms with van der Waals surface area (Å²) >= 11 is 0. The first kappa shape index (κ1) is 16.9. The highest BCUT2D eigenvalue weighted by Gasteiger charge is 2.18. The van der Waals surface area contributed by atoms with Gasteiger partial charge in [0.15, 0.2) is 0 Å². The Labute approximate surface area is 123 Å². The highest BCUT2D eigenvalue weighted by Crippen LogP contribution is 2.02. The number of rotatable bonds is 8. The second kappa shape index (κ2) is 8.24. The number of aliphatic carboxylic acids is 1. The first-order chi connectivity index (χ1) is 9.93. The Hall–Kier alpha value is -2.11. The molecule has 1 aromatic heterocycles. The Morgan fingerprint density at radius 2 is 2.14 bits per heavy atom. The van der Waals surface area contributed by atoms with E-state index in [0.29, 0.717) is 6.42 Å². The minimum atomic E-state index is -1.02. The summed E-state index contributed by atoms with van der Waals surface area (Å²) in [5.41, 5.74) is 0.703. The predicted molar refractivity (Wildman–Crippen MR) is 79.1 cm³/mol. The van der Waals surface area contributed by atoms with E-state index in [1.807, 2.05) is 13.8 Å². The third-order valence-corrected chi connectivity index (χ3v) is 3.21. The quantitative estimate of drug-likeness (QED) is 0.756. The van der Waals surface area contributed by atoms with Gasteiger partial charge in [-0.1, -0.05) is 19.8 Å². The van der Waals surface area contributed by atoms with E-state index in [1.54, 1.807) is 12.3 Å². The molecule has 0 radical (unpaired) electrons. The van der Waals surface area contributed by atoms with Gasteiger partial charge in [-0.2, -0.15) is 0 Å². The first-order valence-electron chi connectivity index (χ1n) is 7.13. The molecule has 6 heteroatoms. The maximum absolute atomic E-state index is 11.8. The summed E-state index contributed by atoms with van der Waals surface area (Å²) in [4.78, 5) is 34.5. The Kier molecular flexibility index (Phi) is 6.65. The highest BCUT2D eigenvalue weighted by atomic mass is 16.4. The summed E-state index contributed by atoms with van der Waals surface area (Å²) in [7, 11) is 0. The van der Waals surface area contributed by atoms with Gasteiger partial charge in [-0.15, -0.1) is 0 Å². The molecule has 0 spiro atoms. The molecule has 1 atom stereocenters. The van der Waals surface area contributed by atoms with Crippen LogP contribution in [0.15, 0.2) is 23.1 Å². The van der Waals surface area contributed by atoms with E-state index in [4.69, 9.17) is 5.11 Å². The highest BCUT2D eigenvalue weighted by molar-refractivity contribution is 5.83. The molecule has 6 nitrogen and oxygen atoms in total. The lowest BCUT2D eigenvalue weighted by molar-refractivity contribution is -0.142. The molecular weight excluding hydrogens is 272 g/mol. The van der Waals surface area contributed by atoms with Crippen LogP contribution in [0.5, 0.6) is 0 Å². The third-order valence-electron chi connectivity index (χ3n) is 3.21. The largest absolute Gasteiger partial charge is 0.480 e. The van der Waals surface area contributed by atoms with Crippen LogP contribution in [0.3, 0.4) is 0 Å². The summed E-state index contributed by atoms with van der Waals surface area (Å²) in [5, 5.41) is 11.5. The van der Waals surface area contributed by atoms with Gasteiger partial charge in [-0.25, -0.2) is 4.79 Å². The lowest BCUT2D eigenvalue weighted by atomic mass is 10.1. The van der Waals surface area contributed by atoms with Crippen LogP contribution in [0.1, 0.15) is 38.2 Å². The monoisotopic (exact) mass is 294 g/mol. The topological polar surface area (TPSA) is 88.4 Å². The van der Waals surface area contributed by atoms with Crippen LogP contribution >= 0.6 is 0 Å². The first-order valence-corrected chi connectivity index (χ1v) is 7.13. The fourth-order valence-electron chi connectivity index (χ4n) is 1.95. The number of carbonyl (C=O) groups excluding carboxylic acids is 1. The van der Waals surface area contributed by atoms with Crippen LogP contribution in [-0.2, 0) is 16.1 Å². The molecule has 1 heterocycles. The van der Waals surface area contributed by atoms with E-state index in [0.717, 1.165) is 18.4 Å². The van der Waals surface area contributed by atoms with Crippen molar-refractivity contribution in [2.45, 2.75) is 52.1 Å². The van der Waals surface area contributed by atoms with Gasteiger partial charge in [0, 0.05) is 25.2 Å². The summed E-state index contributed by atoms with van der Waals surface area (Å²) < 4.78 is 1.44. The molecule has 2 N–H and O–H groups in total. The molecule has 0 saturated heterocycles. The van der Waals surface area contributed by atoms with E-state index in [-0.39, 0.29) is 24.4 Å². The molecule has 0 aromatic carbocycles. The number of nitrogens with one attached hydrogen (secondary N) is 1. The van der Waals surface area contributed by atoms with Crippen molar-refractivity contribution < 1.29 is 14.7 Å². The van der Waals surface area contributed by atoms with Gasteiger partial charge in [0.25, 0.3) is 5.56 Å². The smallest absolute Gasteiger partial charge is 0.326 e. The van der Waals surface area contributed by atoms with Gasteiger partial charge in [0.1, 0.15) is 6.04 Å². The third kappa shape index (κ3) is 5.81. The molecule has 0 bridgehead atoms. The molecule has 0 aliphatic rings. The Morgan fingerprint density at radius 3 is 2.71 bits per heavy atom. The van der Waals surface area contributed by atoms with Gasteiger partial charge in [-0.3, -0.25) is 9.59 Å². The number of amides is 1. The number of carbonyl (C=O) groups is 2. The summed E-state index contributed by atoms with van der Waals surface area (Å²) in [6, 6.07) is 2.44. The summed E-state index contributed by atoms with van der Waals surface area (Å²) in [5.74, 6) is -1.38. The van der Waals surface area contributed by atoms with Gasteiger partial charge in [0.05, 0.1) is 0 Å². The zero-order valence-corrected chi connectivity index (χ0v) is 12.5. The fourth-order valence-corrected chi connectivity index (χ4v) is 1.95. The molecular formula is C15H22N2O4. The number of unbranched alkanes of at least 4 members (excludes halogenated alkanes) is 1. The summed E-state index contributed by atoms with van der Waals surface area (Å²) in [6.07, 6.45) is 3.75. The minimum Gasteiger partial charge on any atom is -0.480 e.